The van der Waals surface area contributed by atoms with Gasteiger partial charge in [-0.05, 0) is 31.5 Å². The molecule has 0 N–H and O–H groups in total. The number of carbonyl (C=O) groups excluding carboxylic acids is 1. The number of ketones is 1. The average Bonchev–Trinajstić information content (AvgIpc) is 3.34. The van der Waals surface area contributed by atoms with Crippen molar-refractivity contribution in [3.8, 4) is 5.75 Å². The molecule has 1 atom stereocenters. The summed E-state index contributed by atoms with van der Waals surface area (Å²) in [6, 6.07) is 8.19. The standard InChI is InChI=1S/C19H15N3O6S3/c1-10-4-3-5-15(22(24)25)17(10)31(26,27)28-12-6-7-13-16(8-12)30-19(20-13)18-21-14(9-29-18)11(2)23/h3-8,14H,9H2,1-2H3. The molecule has 0 amide bonds. The van der Waals surface area contributed by atoms with Crippen LogP contribution in [0.15, 0.2) is 46.3 Å². The van der Waals surface area contributed by atoms with Crippen molar-refractivity contribution in [2.24, 2.45) is 4.99 Å². The maximum atomic E-state index is 12.8. The maximum absolute atomic E-state index is 12.8. The lowest BCUT2D eigenvalue weighted by atomic mass is 10.2. The Morgan fingerprint density at radius 1 is 1.29 bits per heavy atom. The zero-order valence-corrected chi connectivity index (χ0v) is 18.7. The van der Waals surface area contributed by atoms with Crippen molar-refractivity contribution in [1.29, 1.82) is 0 Å². The summed E-state index contributed by atoms with van der Waals surface area (Å²) in [7, 11) is -4.44. The molecule has 4 rings (SSSR count). The smallest absolute Gasteiger partial charge is 0.346 e. The van der Waals surface area contributed by atoms with E-state index in [1.54, 1.807) is 6.07 Å². The fraction of sp³-hybridized carbons (Fsp3) is 0.211. The number of fused-ring (bicyclic) bond motifs is 1. The van der Waals surface area contributed by atoms with Crippen molar-refractivity contribution in [2.45, 2.75) is 24.8 Å². The highest BCUT2D eigenvalue weighted by molar-refractivity contribution is 8.15. The summed E-state index contributed by atoms with van der Waals surface area (Å²) in [5, 5.41) is 12.6. The first-order chi connectivity index (χ1) is 14.7. The fourth-order valence-corrected chi connectivity index (χ4v) is 6.51. The molecule has 1 aromatic heterocycles. The lowest BCUT2D eigenvalue weighted by molar-refractivity contribution is -0.388. The van der Waals surface area contributed by atoms with Gasteiger partial charge in [0.15, 0.2) is 10.7 Å². The van der Waals surface area contributed by atoms with Crippen LogP contribution in [0.4, 0.5) is 5.69 Å². The topological polar surface area (TPSA) is 129 Å². The quantitative estimate of drug-likeness (QED) is 0.298. The Morgan fingerprint density at radius 3 is 2.74 bits per heavy atom. The largest absolute Gasteiger partial charge is 0.379 e. The summed E-state index contributed by atoms with van der Waals surface area (Å²) >= 11 is 2.75. The molecular formula is C19H15N3O6S3. The number of rotatable bonds is 6. The summed E-state index contributed by atoms with van der Waals surface area (Å²) in [6.45, 7) is 2.97. The number of thioether (sulfide) groups is 1. The first kappa shape index (κ1) is 21.4. The van der Waals surface area contributed by atoms with Crippen LogP contribution in [0.1, 0.15) is 17.5 Å². The number of Topliss-reactive ketones (excluding diaryl/α,β-unsaturated/α-hetero) is 1. The maximum Gasteiger partial charge on any atom is 0.346 e. The summed E-state index contributed by atoms with van der Waals surface area (Å²) in [5.74, 6) is 0.584. The monoisotopic (exact) mass is 477 g/mol. The van der Waals surface area contributed by atoms with Crippen LogP contribution in [0.5, 0.6) is 5.75 Å². The van der Waals surface area contributed by atoms with Gasteiger partial charge < -0.3 is 4.18 Å². The van der Waals surface area contributed by atoms with E-state index in [9.17, 15) is 23.3 Å². The molecule has 0 bridgehead atoms. The summed E-state index contributed by atoms with van der Waals surface area (Å²) in [5.41, 5.74) is 0.297. The van der Waals surface area contributed by atoms with Gasteiger partial charge in [-0.1, -0.05) is 12.1 Å². The van der Waals surface area contributed by atoms with E-state index in [2.05, 4.69) is 9.98 Å². The van der Waals surface area contributed by atoms with E-state index in [1.807, 2.05) is 0 Å². The third-order valence-corrected chi connectivity index (χ3v) is 8.16. The predicted octanol–water partition coefficient (Wildman–Crippen LogP) is 3.73. The van der Waals surface area contributed by atoms with Crippen LogP contribution in [0.2, 0.25) is 0 Å². The number of hydrogen-bond acceptors (Lipinski definition) is 10. The summed E-state index contributed by atoms with van der Waals surface area (Å²) < 4.78 is 31.5. The molecule has 0 spiro atoms. The molecule has 12 heteroatoms. The molecule has 1 aliphatic heterocycles. The second-order valence-electron chi connectivity index (χ2n) is 6.74. The van der Waals surface area contributed by atoms with Crippen molar-refractivity contribution in [3.63, 3.8) is 0 Å². The molecule has 2 heterocycles. The number of nitrogens with zero attached hydrogens (tertiary/aromatic N) is 3. The van der Waals surface area contributed by atoms with E-state index >= 15 is 0 Å². The van der Waals surface area contributed by atoms with Gasteiger partial charge in [0.2, 0.25) is 0 Å². The van der Waals surface area contributed by atoms with Gasteiger partial charge in [0.25, 0.3) is 5.69 Å². The third-order valence-electron chi connectivity index (χ3n) is 4.51. The van der Waals surface area contributed by atoms with Gasteiger partial charge in [-0.2, -0.15) is 8.42 Å². The van der Waals surface area contributed by atoms with Gasteiger partial charge in [0, 0.05) is 17.9 Å². The number of thiazole rings is 1. The van der Waals surface area contributed by atoms with E-state index in [1.165, 1.54) is 61.2 Å². The molecule has 3 aromatic rings. The predicted molar refractivity (Wildman–Crippen MR) is 119 cm³/mol. The van der Waals surface area contributed by atoms with Crippen LogP contribution < -0.4 is 4.18 Å². The summed E-state index contributed by atoms with van der Waals surface area (Å²) in [4.78, 5) is 30.5. The van der Waals surface area contributed by atoms with Crippen LogP contribution in [0.3, 0.4) is 0 Å². The number of hydrogen-bond donors (Lipinski definition) is 0. The second kappa shape index (κ2) is 8.02. The van der Waals surface area contributed by atoms with Crippen molar-refractivity contribution in [3.05, 3.63) is 57.1 Å². The first-order valence-corrected chi connectivity index (χ1v) is 12.2. The highest BCUT2D eigenvalue weighted by Gasteiger charge is 2.30. The Hall–Kier alpha value is -2.83. The van der Waals surface area contributed by atoms with Crippen molar-refractivity contribution in [1.82, 2.24) is 4.98 Å². The summed E-state index contributed by atoms with van der Waals surface area (Å²) in [6.07, 6.45) is 0. The molecule has 1 unspecified atom stereocenters. The van der Waals surface area contributed by atoms with Gasteiger partial charge >= 0.3 is 10.1 Å². The highest BCUT2D eigenvalue weighted by atomic mass is 32.2. The minimum absolute atomic E-state index is 0.00481. The molecule has 1 aliphatic rings. The first-order valence-electron chi connectivity index (χ1n) is 8.96. The molecule has 0 saturated carbocycles. The Labute approximate surface area is 185 Å². The van der Waals surface area contributed by atoms with Gasteiger partial charge in [0.1, 0.15) is 21.8 Å². The minimum Gasteiger partial charge on any atom is -0.379 e. The third kappa shape index (κ3) is 4.18. The number of benzene rings is 2. The van der Waals surface area contributed by atoms with E-state index < -0.39 is 25.6 Å². The van der Waals surface area contributed by atoms with E-state index in [0.29, 0.717) is 26.0 Å². The van der Waals surface area contributed by atoms with E-state index in [4.69, 9.17) is 4.18 Å². The molecule has 31 heavy (non-hydrogen) atoms. The zero-order valence-electron chi connectivity index (χ0n) is 16.3. The minimum atomic E-state index is -4.44. The van der Waals surface area contributed by atoms with Gasteiger partial charge in [-0.15, -0.1) is 23.1 Å². The van der Waals surface area contributed by atoms with E-state index in [-0.39, 0.29) is 23.1 Å². The van der Waals surface area contributed by atoms with Crippen LogP contribution >= 0.6 is 23.1 Å². The van der Waals surface area contributed by atoms with Gasteiger partial charge in [-0.25, -0.2) is 4.98 Å². The van der Waals surface area contributed by atoms with Crippen LogP contribution in [0.25, 0.3) is 10.2 Å². The highest BCUT2D eigenvalue weighted by Crippen LogP contribution is 2.34. The van der Waals surface area contributed by atoms with Crippen LogP contribution in [-0.2, 0) is 14.9 Å². The van der Waals surface area contributed by atoms with Crippen molar-refractivity contribution in [2.75, 3.05) is 5.75 Å². The molecule has 9 nitrogen and oxygen atoms in total. The SMILES string of the molecule is CC(=O)C1CSC(c2nc3ccc(OS(=O)(=O)c4c(C)cccc4[N+](=O)[O-])cc3s2)=N1. The number of nitro groups is 1. The van der Waals surface area contributed by atoms with Crippen molar-refractivity contribution < 1.29 is 22.3 Å². The number of carbonyl (C=O) groups is 1. The normalized spacial score (nSPS) is 16.3. The Morgan fingerprint density at radius 2 is 2.06 bits per heavy atom. The Balaban J connectivity index is 1.67. The lowest BCUT2D eigenvalue weighted by Gasteiger charge is -2.09. The number of aliphatic imine (C=N–C) groups is 1. The molecule has 2 aromatic carbocycles. The molecule has 0 fully saturated rings. The lowest BCUT2D eigenvalue weighted by Crippen LogP contribution is -2.14. The molecule has 160 valence electrons. The average molecular weight is 478 g/mol. The van der Waals surface area contributed by atoms with Gasteiger partial charge in [0.05, 0.1) is 15.1 Å². The number of aromatic nitrogens is 1. The van der Waals surface area contributed by atoms with Crippen molar-refractivity contribution >= 4 is 59.9 Å². The van der Waals surface area contributed by atoms with E-state index in [0.717, 1.165) is 6.07 Å². The zero-order chi connectivity index (χ0) is 22.3. The van der Waals surface area contributed by atoms with Crippen LogP contribution in [-0.4, -0.2) is 40.9 Å². The van der Waals surface area contributed by atoms with Crippen LogP contribution in [0, 0.1) is 17.0 Å². The number of nitro benzene ring substituents is 1. The second-order valence-corrected chi connectivity index (χ2v) is 10.3. The molecule has 0 radical (unpaired) electrons. The fourth-order valence-electron chi connectivity index (χ4n) is 3.02. The Bertz CT molecular complexity index is 1360. The number of aryl methyl sites for hydroxylation is 1. The Kier molecular flexibility index (Phi) is 5.54. The molecular weight excluding hydrogens is 462 g/mol. The molecule has 0 aliphatic carbocycles. The van der Waals surface area contributed by atoms with Gasteiger partial charge in [-0.3, -0.25) is 19.9 Å². The molecule has 0 saturated heterocycles.